The molecule has 0 amide bonds. The Morgan fingerprint density at radius 2 is 1.17 bits per heavy atom. The zero-order chi connectivity index (χ0) is 23.8. The molecule has 0 saturated heterocycles. The van der Waals surface area contributed by atoms with Crippen LogP contribution in [0.5, 0.6) is 11.5 Å². The summed E-state index contributed by atoms with van der Waals surface area (Å²) >= 11 is 0. The first-order valence-corrected chi connectivity index (χ1v) is 12.1. The highest BCUT2D eigenvalue weighted by atomic mass is 16.5. The molecule has 0 aromatic heterocycles. The van der Waals surface area contributed by atoms with E-state index in [1.54, 1.807) is 14.2 Å². The standard InChI is InChI=1S/C33H28O2/c1-34-26-17-19-28-29-20-18-27(35-2)22-31(29)32(30(28)21-26)33(25-15-9-10-16-25,23-11-5-3-6-12-23)24-13-7-4-8-14-24/h3-15,17-22,32H,16H2,1-2H3. The Bertz CT molecular complexity index is 1340. The zero-order valence-electron chi connectivity index (χ0n) is 20.1. The predicted octanol–water partition coefficient (Wildman–Crippen LogP) is 7.69. The quantitative estimate of drug-likeness (QED) is 0.296. The van der Waals surface area contributed by atoms with Gasteiger partial charge in [-0.25, -0.2) is 0 Å². The maximum absolute atomic E-state index is 5.73. The van der Waals surface area contributed by atoms with E-state index in [1.807, 2.05) is 0 Å². The normalized spacial score (nSPS) is 14.4. The molecule has 35 heavy (non-hydrogen) atoms. The average molecular weight is 457 g/mol. The number of hydrogen-bond acceptors (Lipinski definition) is 2. The van der Waals surface area contributed by atoms with Crippen LogP contribution in [0.2, 0.25) is 0 Å². The van der Waals surface area contributed by atoms with Gasteiger partial charge < -0.3 is 9.47 Å². The van der Waals surface area contributed by atoms with E-state index >= 15 is 0 Å². The van der Waals surface area contributed by atoms with Crippen molar-refractivity contribution < 1.29 is 9.47 Å². The first-order chi connectivity index (χ1) is 17.3. The molecular formula is C33H28O2. The van der Waals surface area contributed by atoms with Crippen molar-refractivity contribution in [2.24, 2.45) is 0 Å². The van der Waals surface area contributed by atoms with E-state index in [0.29, 0.717) is 0 Å². The molecule has 0 N–H and O–H groups in total. The van der Waals surface area contributed by atoms with Crippen LogP contribution in [-0.4, -0.2) is 14.2 Å². The monoisotopic (exact) mass is 456 g/mol. The second kappa shape index (κ2) is 8.63. The number of ether oxygens (including phenoxy) is 2. The third kappa shape index (κ3) is 3.24. The van der Waals surface area contributed by atoms with Gasteiger partial charge in [-0.1, -0.05) is 96.6 Å². The molecule has 0 spiro atoms. The topological polar surface area (TPSA) is 18.5 Å². The van der Waals surface area contributed by atoms with Crippen molar-refractivity contribution in [2.45, 2.75) is 17.8 Å². The van der Waals surface area contributed by atoms with Crippen molar-refractivity contribution in [1.82, 2.24) is 0 Å². The first-order valence-electron chi connectivity index (χ1n) is 12.1. The highest BCUT2D eigenvalue weighted by Gasteiger charge is 2.50. The number of methoxy groups -OCH3 is 2. The molecule has 2 aliphatic carbocycles. The molecule has 2 nitrogen and oxygen atoms in total. The second-order valence-corrected chi connectivity index (χ2v) is 9.20. The van der Waals surface area contributed by atoms with Crippen LogP contribution in [0, 0.1) is 0 Å². The van der Waals surface area contributed by atoms with Crippen LogP contribution in [0.1, 0.15) is 34.6 Å². The van der Waals surface area contributed by atoms with Gasteiger partial charge >= 0.3 is 0 Å². The molecule has 4 aromatic rings. The van der Waals surface area contributed by atoms with E-state index in [1.165, 1.54) is 39.0 Å². The minimum absolute atomic E-state index is 0.0497. The number of rotatable bonds is 6. The lowest BCUT2D eigenvalue weighted by atomic mass is 9.58. The van der Waals surface area contributed by atoms with Gasteiger partial charge in [0.2, 0.25) is 0 Å². The maximum Gasteiger partial charge on any atom is 0.119 e. The van der Waals surface area contributed by atoms with Gasteiger partial charge in [-0.3, -0.25) is 0 Å². The number of fused-ring (bicyclic) bond motifs is 3. The van der Waals surface area contributed by atoms with E-state index < -0.39 is 5.41 Å². The SMILES string of the molecule is COc1ccc2c(c1)C(C(C1=CC=CC1)(c1ccccc1)c1ccccc1)c1cc(OC)ccc1-2. The minimum Gasteiger partial charge on any atom is -0.497 e. The zero-order valence-corrected chi connectivity index (χ0v) is 20.1. The van der Waals surface area contributed by atoms with Crippen molar-refractivity contribution in [2.75, 3.05) is 14.2 Å². The fourth-order valence-corrected chi connectivity index (χ4v) is 6.14. The van der Waals surface area contributed by atoms with Crippen LogP contribution in [0.3, 0.4) is 0 Å². The van der Waals surface area contributed by atoms with Crippen LogP contribution in [0.15, 0.2) is 121 Å². The highest BCUT2D eigenvalue weighted by molar-refractivity contribution is 5.83. The lowest BCUT2D eigenvalue weighted by Crippen LogP contribution is -2.37. The molecule has 0 aliphatic heterocycles. The summed E-state index contributed by atoms with van der Waals surface area (Å²) < 4.78 is 11.5. The van der Waals surface area contributed by atoms with Gasteiger partial charge in [0.1, 0.15) is 11.5 Å². The summed E-state index contributed by atoms with van der Waals surface area (Å²) in [5.74, 6) is 1.80. The summed E-state index contributed by atoms with van der Waals surface area (Å²) in [6.45, 7) is 0. The third-order valence-electron chi connectivity index (χ3n) is 7.60. The number of allylic oxidation sites excluding steroid dienone is 4. The molecule has 4 aromatic carbocycles. The van der Waals surface area contributed by atoms with Gasteiger partial charge in [0.15, 0.2) is 0 Å². The summed E-state index contributed by atoms with van der Waals surface area (Å²) in [5, 5.41) is 0. The molecular weight excluding hydrogens is 428 g/mol. The summed E-state index contributed by atoms with van der Waals surface area (Å²) in [4.78, 5) is 0. The van der Waals surface area contributed by atoms with Gasteiger partial charge in [0.25, 0.3) is 0 Å². The first kappa shape index (κ1) is 21.5. The van der Waals surface area contributed by atoms with Crippen LogP contribution in [0.4, 0.5) is 0 Å². The van der Waals surface area contributed by atoms with Crippen molar-refractivity contribution in [3.8, 4) is 22.6 Å². The Morgan fingerprint density at radius 3 is 1.60 bits per heavy atom. The Labute approximate surface area is 207 Å². The smallest absolute Gasteiger partial charge is 0.119 e. The molecule has 6 rings (SSSR count). The summed E-state index contributed by atoms with van der Waals surface area (Å²) in [5.41, 5.74) is 8.66. The largest absolute Gasteiger partial charge is 0.497 e. The van der Waals surface area contributed by atoms with Crippen LogP contribution >= 0.6 is 0 Å². The highest BCUT2D eigenvalue weighted by Crippen LogP contribution is 2.61. The summed E-state index contributed by atoms with van der Waals surface area (Å²) in [7, 11) is 3.49. The van der Waals surface area contributed by atoms with E-state index in [0.717, 1.165) is 17.9 Å². The Kier molecular flexibility index (Phi) is 5.30. The number of hydrogen-bond donors (Lipinski definition) is 0. The van der Waals surface area contributed by atoms with Gasteiger partial charge in [-0.2, -0.15) is 0 Å². The van der Waals surface area contributed by atoms with Crippen LogP contribution in [-0.2, 0) is 5.41 Å². The molecule has 0 heterocycles. The van der Waals surface area contributed by atoms with Crippen molar-refractivity contribution >= 4 is 0 Å². The fraction of sp³-hybridized carbons (Fsp3) is 0.152. The lowest BCUT2D eigenvalue weighted by Gasteiger charge is -2.43. The molecule has 0 atom stereocenters. The minimum atomic E-state index is -0.398. The maximum atomic E-state index is 5.73. The lowest BCUT2D eigenvalue weighted by molar-refractivity contribution is 0.412. The van der Waals surface area contributed by atoms with E-state index in [4.69, 9.17) is 9.47 Å². The molecule has 2 heteroatoms. The Balaban J connectivity index is 1.76. The van der Waals surface area contributed by atoms with E-state index in [2.05, 4.69) is 115 Å². The van der Waals surface area contributed by atoms with Crippen LogP contribution in [0.25, 0.3) is 11.1 Å². The van der Waals surface area contributed by atoms with Crippen molar-refractivity contribution in [3.63, 3.8) is 0 Å². The van der Waals surface area contributed by atoms with Crippen molar-refractivity contribution in [3.05, 3.63) is 143 Å². The molecule has 0 saturated carbocycles. The van der Waals surface area contributed by atoms with E-state index in [9.17, 15) is 0 Å². The predicted molar refractivity (Wildman–Crippen MR) is 142 cm³/mol. The van der Waals surface area contributed by atoms with Gasteiger partial charge in [0.05, 0.1) is 19.6 Å². The summed E-state index contributed by atoms with van der Waals surface area (Å²) in [6.07, 6.45) is 7.70. The number of benzene rings is 4. The van der Waals surface area contributed by atoms with E-state index in [-0.39, 0.29) is 5.92 Å². The van der Waals surface area contributed by atoms with Gasteiger partial charge in [-0.05, 0) is 64.1 Å². The molecule has 0 bridgehead atoms. The summed E-state index contributed by atoms with van der Waals surface area (Å²) in [6, 6.07) is 35.0. The molecule has 2 aliphatic rings. The third-order valence-corrected chi connectivity index (χ3v) is 7.60. The van der Waals surface area contributed by atoms with Gasteiger partial charge in [0, 0.05) is 5.92 Å². The molecule has 0 unspecified atom stereocenters. The molecule has 0 radical (unpaired) electrons. The fourth-order valence-electron chi connectivity index (χ4n) is 6.14. The van der Waals surface area contributed by atoms with Crippen molar-refractivity contribution in [1.29, 1.82) is 0 Å². The van der Waals surface area contributed by atoms with Crippen LogP contribution < -0.4 is 9.47 Å². The molecule has 0 fully saturated rings. The van der Waals surface area contributed by atoms with Gasteiger partial charge in [-0.15, -0.1) is 0 Å². The molecule has 172 valence electrons. The Morgan fingerprint density at radius 1 is 0.657 bits per heavy atom. The second-order valence-electron chi connectivity index (χ2n) is 9.20. The average Bonchev–Trinajstić information content (AvgIpc) is 3.57. The Hall–Kier alpha value is -4.04.